The van der Waals surface area contributed by atoms with E-state index < -0.39 is 6.04 Å². The number of aromatic nitrogens is 4. The second-order valence-corrected chi connectivity index (χ2v) is 9.47. The molecule has 0 bridgehead atoms. The van der Waals surface area contributed by atoms with Crippen molar-refractivity contribution in [2.75, 3.05) is 26.3 Å². The number of carbonyl (C=O) groups excluding carboxylic acids is 2. The molecule has 5 heterocycles. The van der Waals surface area contributed by atoms with Gasteiger partial charge < -0.3 is 28.5 Å². The van der Waals surface area contributed by atoms with E-state index in [1.165, 1.54) is 9.70 Å². The Morgan fingerprint density at radius 3 is 2.43 bits per heavy atom. The zero-order chi connectivity index (χ0) is 25.8. The standard InChI is InChI=1S/C25H32N6O6/c1-16-7-9-20(36-16)23(25(33)26-13-18-5-3-11-34-18)30(14-19-6-4-12-35-19)22(32)15-31-28-24(27-29-31)21-10-8-17(2)37-21/h7-10,18-19,23H,3-6,11-15H2,1-2H3,(H,26,33)/t18-,19+,23-/m1/s1. The molecule has 3 aromatic rings. The van der Waals surface area contributed by atoms with Gasteiger partial charge in [0.2, 0.25) is 11.7 Å². The molecule has 2 aliphatic heterocycles. The number of rotatable bonds is 10. The third-order valence-corrected chi connectivity index (χ3v) is 6.55. The van der Waals surface area contributed by atoms with Gasteiger partial charge >= 0.3 is 0 Å². The first-order valence-corrected chi connectivity index (χ1v) is 12.7. The van der Waals surface area contributed by atoms with E-state index in [2.05, 4.69) is 20.7 Å². The third kappa shape index (κ3) is 6.08. The topological polar surface area (TPSA) is 138 Å². The van der Waals surface area contributed by atoms with Crippen LogP contribution in [0.4, 0.5) is 0 Å². The molecule has 37 heavy (non-hydrogen) atoms. The van der Waals surface area contributed by atoms with Crippen LogP contribution < -0.4 is 5.32 Å². The molecule has 2 saturated heterocycles. The maximum atomic E-state index is 13.7. The first-order valence-electron chi connectivity index (χ1n) is 12.7. The van der Waals surface area contributed by atoms with Gasteiger partial charge in [0.05, 0.1) is 12.2 Å². The summed E-state index contributed by atoms with van der Waals surface area (Å²) in [5, 5.41) is 15.3. The Hall–Kier alpha value is -3.51. The van der Waals surface area contributed by atoms with Crippen molar-refractivity contribution < 1.29 is 27.9 Å². The minimum atomic E-state index is -0.984. The van der Waals surface area contributed by atoms with Crippen LogP contribution in [-0.2, 0) is 25.6 Å². The number of nitrogens with zero attached hydrogens (tertiary/aromatic N) is 5. The highest BCUT2D eigenvalue weighted by Gasteiger charge is 2.37. The van der Waals surface area contributed by atoms with Crippen molar-refractivity contribution in [2.45, 2.75) is 64.3 Å². The SMILES string of the molecule is Cc1ccc(-c2nnn(CC(=O)N(C[C@@H]3CCCO3)[C@@H](C(=O)NC[C@H]3CCCO3)c3ccc(C)o3)n2)o1. The van der Waals surface area contributed by atoms with Crippen molar-refractivity contribution in [3.05, 3.63) is 41.5 Å². The van der Waals surface area contributed by atoms with E-state index in [9.17, 15) is 9.59 Å². The summed E-state index contributed by atoms with van der Waals surface area (Å²) >= 11 is 0. The van der Waals surface area contributed by atoms with Crippen molar-refractivity contribution in [1.29, 1.82) is 0 Å². The lowest BCUT2D eigenvalue weighted by Crippen LogP contribution is -2.48. The smallest absolute Gasteiger partial charge is 0.250 e. The number of nitrogens with one attached hydrogen (secondary N) is 1. The van der Waals surface area contributed by atoms with Gasteiger partial charge in [-0.2, -0.15) is 4.80 Å². The summed E-state index contributed by atoms with van der Waals surface area (Å²) < 4.78 is 22.9. The van der Waals surface area contributed by atoms with Gasteiger partial charge in [-0.05, 0) is 69.0 Å². The lowest BCUT2D eigenvalue weighted by molar-refractivity contribution is -0.144. The lowest BCUT2D eigenvalue weighted by Gasteiger charge is -2.31. The van der Waals surface area contributed by atoms with Crippen molar-refractivity contribution in [2.24, 2.45) is 0 Å². The van der Waals surface area contributed by atoms with Gasteiger partial charge in [-0.3, -0.25) is 9.59 Å². The maximum absolute atomic E-state index is 13.7. The first-order chi connectivity index (χ1) is 18.0. The molecule has 5 rings (SSSR count). The predicted molar refractivity (Wildman–Crippen MR) is 129 cm³/mol. The molecule has 1 N–H and O–H groups in total. The Morgan fingerprint density at radius 2 is 1.78 bits per heavy atom. The van der Waals surface area contributed by atoms with Gasteiger partial charge in [-0.1, -0.05) is 0 Å². The summed E-state index contributed by atoms with van der Waals surface area (Å²) in [5.74, 6) is 1.79. The second kappa shape index (κ2) is 11.3. The van der Waals surface area contributed by atoms with Crippen molar-refractivity contribution in [1.82, 2.24) is 30.4 Å². The Balaban J connectivity index is 1.38. The molecule has 12 nitrogen and oxygen atoms in total. The fourth-order valence-electron chi connectivity index (χ4n) is 4.68. The summed E-state index contributed by atoms with van der Waals surface area (Å²) in [6.07, 6.45) is 3.34. The molecule has 0 aromatic carbocycles. The number of aryl methyl sites for hydroxylation is 2. The van der Waals surface area contributed by atoms with E-state index in [0.717, 1.165) is 31.4 Å². The minimum Gasteiger partial charge on any atom is -0.464 e. The molecule has 0 unspecified atom stereocenters. The Kier molecular flexibility index (Phi) is 7.65. The zero-order valence-electron chi connectivity index (χ0n) is 21.1. The van der Waals surface area contributed by atoms with Crippen molar-refractivity contribution in [3.63, 3.8) is 0 Å². The van der Waals surface area contributed by atoms with Crippen LogP contribution >= 0.6 is 0 Å². The second-order valence-electron chi connectivity index (χ2n) is 9.47. The molecule has 2 aliphatic rings. The molecule has 2 amide bonds. The van der Waals surface area contributed by atoms with Crippen LogP contribution in [-0.4, -0.2) is 75.4 Å². The minimum absolute atomic E-state index is 0.0340. The van der Waals surface area contributed by atoms with E-state index in [-0.39, 0.29) is 42.9 Å². The molecule has 0 spiro atoms. The monoisotopic (exact) mass is 512 g/mol. The molecule has 3 aromatic heterocycles. The summed E-state index contributed by atoms with van der Waals surface area (Å²) in [6, 6.07) is 6.07. The number of hydrogen-bond acceptors (Lipinski definition) is 9. The van der Waals surface area contributed by atoms with Gasteiger partial charge in [0.25, 0.3) is 5.91 Å². The van der Waals surface area contributed by atoms with E-state index in [1.807, 2.05) is 6.92 Å². The highest BCUT2D eigenvalue weighted by atomic mass is 16.5. The van der Waals surface area contributed by atoms with Gasteiger partial charge in [-0.25, -0.2) is 0 Å². The van der Waals surface area contributed by atoms with Gasteiger partial charge in [-0.15, -0.1) is 10.2 Å². The van der Waals surface area contributed by atoms with E-state index >= 15 is 0 Å². The Bertz CT molecular complexity index is 1210. The Labute approximate surface area is 214 Å². The number of ether oxygens (including phenoxy) is 2. The number of hydrogen-bond donors (Lipinski definition) is 1. The van der Waals surface area contributed by atoms with Crippen molar-refractivity contribution >= 4 is 11.8 Å². The molecule has 0 aliphatic carbocycles. The summed E-state index contributed by atoms with van der Waals surface area (Å²) in [7, 11) is 0. The maximum Gasteiger partial charge on any atom is 0.250 e. The van der Waals surface area contributed by atoms with Crippen LogP contribution in [0.15, 0.2) is 33.1 Å². The lowest BCUT2D eigenvalue weighted by atomic mass is 10.1. The van der Waals surface area contributed by atoms with Crippen LogP contribution in [0.1, 0.15) is 49.0 Å². The van der Waals surface area contributed by atoms with E-state index in [1.54, 1.807) is 31.2 Å². The molecular formula is C25H32N6O6. The number of furan rings is 2. The van der Waals surface area contributed by atoms with Gasteiger partial charge in [0.1, 0.15) is 23.8 Å². The number of carbonyl (C=O) groups is 2. The van der Waals surface area contributed by atoms with Crippen LogP contribution in [0.3, 0.4) is 0 Å². The number of tetrazole rings is 1. The van der Waals surface area contributed by atoms with Crippen LogP contribution in [0.25, 0.3) is 11.6 Å². The fourth-order valence-corrected chi connectivity index (χ4v) is 4.68. The highest BCUT2D eigenvalue weighted by Crippen LogP contribution is 2.27. The molecule has 0 radical (unpaired) electrons. The predicted octanol–water partition coefficient (Wildman–Crippen LogP) is 2.19. The van der Waals surface area contributed by atoms with Gasteiger partial charge in [0.15, 0.2) is 11.8 Å². The number of amides is 2. The third-order valence-electron chi connectivity index (χ3n) is 6.55. The van der Waals surface area contributed by atoms with Crippen molar-refractivity contribution in [3.8, 4) is 11.6 Å². The zero-order valence-corrected chi connectivity index (χ0v) is 21.1. The highest BCUT2D eigenvalue weighted by molar-refractivity contribution is 5.88. The quantitative estimate of drug-likeness (QED) is 0.433. The van der Waals surface area contributed by atoms with Gasteiger partial charge in [0, 0.05) is 26.3 Å². The summed E-state index contributed by atoms with van der Waals surface area (Å²) in [6.45, 7) is 5.32. The molecular weight excluding hydrogens is 480 g/mol. The first kappa shape index (κ1) is 25.2. The molecule has 2 fully saturated rings. The van der Waals surface area contributed by atoms with Crippen LogP contribution in [0.5, 0.6) is 0 Å². The fraction of sp³-hybridized carbons (Fsp3) is 0.560. The summed E-state index contributed by atoms with van der Waals surface area (Å²) in [5.41, 5.74) is 0. The summed E-state index contributed by atoms with van der Waals surface area (Å²) in [4.78, 5) is 30.0. The van der Waals surface area contributed by atoms with Crippen LogP contribution in [0, 0.1) is 13.8 Å². The average Bonchev–Trinajstić information content (AvgIpc) is 3.69. The van der Waals surface area contributed by atoms with E-state index in [0.29, 0.717) is 37.0 Å². The average molecular weight is 513 g/mol. The largest absolute Gasteiger partial charge is 0.464 e. The van der Waals surface area contributed by atoms with Crippen LogP contribution in [0.2, 0.25) is 0 Å². The Morgan fingerprint density at radius 1 is 1.05 bits per heavy atom. The molecule has 0 saturated carbocycles. The van der Waals surface area contributed by atoms with E-state index in [4.69, 9.17) is 18.3 Å². The molecule has 198 valence electrons. The normalized spacial score (nSPS) is 20.3. The molecule has 3 atom stereocenters. The molecule has 12 heteroatoms.